The van der Waals surface area contributed by atoms with Gasteiger partial charge in [-0.1, -0.05) is 15.9 Å². The zero-order valence-electron chi connectivity index (χ0n) is 19.0. The van der Waals surface area contributed by atoms with Crippen molar-refractivity contribution in [1.29, 1.82) is 0 Å². The van der Waals surface area contributed by atoms with Gasteiger partial charge in [0.15, 0.2) is 5.76 Å². The highest BCUT2D eigenvalue weighted by atomic mass is 79.9. The molecule has 1 aliphatic rings. The molecule has 4 aromatic rings. The maximum absolute atomic E-state index is 13.0. The van der Waals surface area contributed by atoms with Crippen molar-refractivity contribution in [1.82, 2.24) is 0 Å². The molecule has 8 heteroatoms. The number of carbonyl (C=O) groups is 2. The van der Waals surface area contributed by atoms with E-state index in [0.717, 1.165) is 9.86 Å². The topological polar surface area (TPSA) is 84.2 Å². The summed E-state index contributed by atoms with van der Waals surface area (Å²) in [6.07, 6.45) is 1.60. The van der Waals surface area contributed by atoms with Crippen LogP contribution in [0.25, 0.3) is 17.0 Å². The van der Waals surface area contributed by atoms with Crippen LogP contribution in [0.15, 0.2) is 69.2 Å². The molecule has 0 amide bonds. The van der Waals surface area contributed by atoms with E-state index < -0.39 is 5.97 Å². The van der Waals surface area contributed by atoms with E-state index in [2.05, 4.69) is 15.9 Å². The number of carbonyl (C=O) groups excluding carboxylic acids is 2. The molecule has 0 atom stereocenters. The summed E-state index contributed by atoms with van der Waals surface area (Å²) >= 11 is 3.40. The molecule has 0 N–H and O–H groups in total. The van der Waals surface area contributed by atoms with Gasteiger partial charge in [-0.15, -0.1) is 0 Å². The van der Waals surface area contributed by atoms with Crippen molar-refractivity contribution in [3.8, 4) is 23.0 Å². The molecular formula is C27H19BrO7. The Morgan fingerprint density at radius 1 is 0.971 bits per heavy atom. The van der Waals surface area contributed by atoms with Crippen LogP contribution in [-0.4, -0.2) is 26.0 Å². The average Bonchev–Trinajstić information content (AvgIpc) is 3.42. The third-order valence-corrected chi connectivity index (χ3v) is 6.14. The van der Waals surface area contributed by atoms with Gasteiger partial charge in [-0.25, -0.2) is 4.79 Å². The zero-order chi connectivity index (χ0) is 24.7. The molecule has 0 saturated heterocycles. The summed E-state index contributed by atoms with van der Waals surface area (Å²) in [5.41, 5.74) is 2.10. The van der Waals surface area contributed by atoms with Crippen molar-refractivity contribution in [2.75, 3.05) is 14.2 Å². The first-order chi connectivity index (χ1) is 16.9. The first-order valence-corrected chi connectivity index (χ1v) is 11.4. The molecule has 3 aromatic carbocycles. The first kappa shape index (κ1) is 22.7. The highest BCUT2D eigenvalue weighted by molar-refractivity contribution is 9.10. The van der Waals surface area contributed by atoms with Crippen molar-refractivity contribution in [3.63, 3.8) is 0 Å². The lowest BCUT2D eigenvalue weighted by molar-refractivity contribution is 0.0702. The van der Waals surface area contributed by atoms with E-state index in [0.29, 0.717) is 39.5 Å². The second-order valence-corrected chi connectivity index (χ2v) is 8.71. The number of esters is 1. The SMILES string of the molecule is COc1ccc(OC)c(/C=C2\Oc3c(ccc(OC(=O)c4cc5cc(Br)ccc5o4)c3C)C2=O)c1. The number of fused-ring (bicyclic) bond motifs is 2. The van der Waals surface area contributed by atoms with Crippen LogP contribution in [-0.2, 0) is 0 Å². The molecule has 0 fully saturated rings. The van der Waals surface area contributed by atoms with Gasteiger partial charge in [0, 0.05) is 21.0 Å². The summed E-state index contributed by atoms with van der Waals surface area (Å²) in [5.74, 6) is 1.04. The summed E-state index contributed by atoms with van der Waals surface area (Å²) in [4.78, 5) is 25.7. The standard InChI is InChI=1S/C27H19BrO7/c1-14-20(35-27(30)24-13-15-10-17(28)4-7-22(15)33-24)9-6-19-25(29)23(34-26(14)19)12-16-11-18(31-2)5-8-21(16)32-3/h4-13H,1-3H3/b23-12-. The van der Waals surface area contributed by atoms with Gasteiger partial charge in [-0.05, 0) is 67.6 Å². The van der Waals surface area contributed by atoms with Gasteiger partial charge in [0.1, 0.15) is 28.6 Å². The van der Waals surface area contributed by atoms with Gasteiger partial charge in [-0.3, -0.25) is 4.79 Å². The Hall–Kier alpha value is -4.04. The predicted molar refractivity (Wildman–Crippen MR) is 133 cm³/mol. The lowest BCUT2D eigenvalue weighted by atomic mass is 10.1. The summed E-state index contributed by atoms with van der Waals surface area (Å²) in [7, 11) is 3.10. The molecule has 5 rings (SSSR count). The number of ether oxygens (including phenoxy) is 4. The lowest BCUT2D eigenvalue weighted by Gasteiger charge is -2.09. The molecule has 7 nitrogen and oxygen atoms in total. The fourth-order valence-corrected chi connectivity index (χ4v) is 4.22. The molecule has 1 aliphatic heterocycles. The minimum absolute atomic E-state index is 0.0701. The largest absolute Gasteiger partial charge is 0.497 e. The molecule has 0 radical (unpaired) electrons. The quantitative estimate of drug-likeness (QED) is 0.167. The molecule has 0 aliphatic carbocycles. The number of halogens is 1. The third-order valence-electron chi connectivity index (χ3n) is 5.64. The smallest absolute Gasteiger partial charge is 0.379 e. The summed E-state index contributed by atoms with van der Waals surface area (Å²) in [5, 5.41) is 0.772. The van der Waals surface area contributed by atoms with Gasteiger partial charge in [0.2, 0.25) is 11.5 Å². The van der Waals surface area contributed by atoms with Crippen LogP contribution < -0.4 is 18.9 Å². The second kappa shape index (κ2) is 8.96. The number of hydrogen-bond acceptors (Lipinski definition) is 7. The first-order valence-electron chi connectivity index (χ1n) is 10.6. The number of benzene rings is 3. The van der Waals surface area contributed by atoms with Gasteiger partial charge >= 0.3 is 5.97 Å². The number of hydrogen-bond donors (Lipinski definition) is 0. The molecule has 0 unspecified atom stereocenters. The number of furan rings is 1. The Labute approximate surface area is 209 Å². The van der Waals surface area contributed by atoms with Crippen LogP contribution in [0.4, 0.5) is 0 Å². The van der Waals surface area contributed by atoms with Crippen LogP contribution in [0.2, 0.25) is 0 Å². The van der Waals surface area contributed by atoms with E-state index >= 15 is 0 Å². The maximum Gasteiger partial charge on any atom is 0.379 e. The van der Waals surface area contributed by atoms with Gasteiger partial charge in [-0.2, -0.15) is 0 Å². The lowest BCUT2D eigenvalue weighted by Crippen LogP contribution is -2.08. The molecule has 0 spiro atoms. The Morgan fingerprint density at radius 2 is 1.77 bits per heavy atom. The number of allylic oxidation sites excluding steroid dienone is 1. The van der Waals surface area contributed by atoms with Crippen molar-refractivity contribution < 1.29 is 33.0 Å². The van der Waals surface area contributed by atoms with Crippen LogP contribution >= 0.6 is 15.9 Å². The minimum atomic E-state index is -0.651. The molecule has 35 heavy (non-hydrogen) atoms. The van der Waals surface area contributed by atoms with Crippen LogP contribution in [0.5, 0.6) is 23.0 Å². The molecule has 0 saturated carbocycles. The van der Waals surface area contributed by atoms with Crippen molar-refractivity contribution in [2.24, 2.45) is 0 Å². The van der Waals surface area contributed by atoms with E-state index in [9.17, 15) is 9.59 Å². The Kier molecular flexibility index (Phi) is 5.82. The normalized spacial score (nSPS) is 13.6. The Balaban J connectivity index is 1.43. The molecule has 1 aromatic heterocycles. The second-order valence-electron chi connectivity index (χ2n) is 7.80. The summed E-state index contributed by atoms with van der Waals surface area (Å²) < 4.78 is 28.6. The van der Waals surface area contributed by atoms with Crippen molar-refractivity contribution >= 4 is 44.7 Å². The van der Waals surface area contributed by atoms with Crippen molar-refractivity contribution in [2.45, 2.75) is 6.92 Å². The fraction of sp³-hybridized carbons (Fsp3) is 0.111. The number of Topliss-reactive ketones (excluding diaryl/α,β-unsaturated/α-hetero) is 1. The van der Waals surface area contributed by atoms with Gasteiger partial charge < -0.3 is 23.4 Å². The number of methoxy groups -OCH3 is 2. The minimum Gasteiger partial charge on any atom is -0.497 e. The Morgan fingerprint density at radius 3 is 2.54 bits per heavy atom. The van der Waals surface area contributed by atoms with Crippen LogP contribution in [0.1, 0.15) is 32.0 Å². The van der Waals surface area contributed by atoms with Gasteiger partial charge in [0.05, 0.1) is 19.8 Å². The van der Waals surface area contributed by atoms with E-state index in [1.165, 1.54) is 0 Å². The number of rotatable bonds is 5. The zero-order valence-corrected chi connectivity index (χ0v) is 20.6. The van der Waals surface area contributed by atoms with E-state index in [1.54, 1.807) is 69.7 Å². The number of ketones is 1. The monoisotopic (exact) mass is 534 g/mol. The maximum atomic E-state index is 13.0. The van der Waals surface area contributed by atoms with E-state index in [4.69, 9.17) is 23.4 Å². The van der Waals surface area contributed by atoms with Crippen molar-refractivity contribution in [3.05, 3.63) is 87.3 Å². The average molecular weight is 535 g/mol. The summed E-state index contributed by atoms with van der Waals surface area (Å²) in [6, 6.07) is 15.5. The fourth-order valence-electron chi connectivity index (χ4n) is 3.84. The highest BCUT2D eigenvalue weighted by Gasteiger charge is 2.31. The van der Waals surface area contributed by atoms with E-state index in [1.807, 2.05) is 12.1 Å². The predicted octanol–water partition coefficient (Wildman–Crippen LogP) is 6.36. The summed E-state index contributed by atoms with van der Waals surface area (Å²) in [6.45, 7) is 1.72. The third kappa shape index (κ3) is 4.17. The molecule has 0 bridgehead atoms. The molecule has 176 valence electrons. The molecular weight excluding hydrogens is 516 g/mol. The Bertz CT molecular complexity index is 1530. The van der Waals surface area contributed by atoms with E-state index in [-0.39, 0.29) is 23.1 Å². The van der Waals surface area contributed by atoms with Gasteiger partial charge in [0.25, 0.3) is 0 Å². The van der Waals surface area contributed by atoms with Crippen LogP contribution in [0.3, 0.4) is 0 Å². The van der Waals surface area contributed by atoms with Crippen LogP contribution in [0, 0.1) is 6.92 Å². The molecule has 2 heterocycles. The highest BCUT2D eigenvalue weighted by Crippen LogP contribution is 2.40.